The third-order valence-corrected chi connectivity index (χ3v) is 4.25. The van der Waals surface area contributed by atoms with Crippen LogP contribution in [0.1, 0.15) is 37.7 Å². The average Bonchev–Trinajstić information content (AvgIpc) is 2.95. The van der Waals surface area contributed by atoms with Crippen molar-refractivity contribution in [3.05, 3.63) is 82.9 Å². The first-order valence-corrected chi connectivity index (χ1v) is 8.24. The zero-order valence-electron chi connectivity index (χ0n) is 14.9. The van der Waals surface area contributed by atoms with Crippen LogP contribution in [0.2, 0.25) is 0 Å². The van der Waals surface area contributed by atoms with E-state index in [0.29, 0.717) is 11.1 Å². The number of carbonyl (C=O) groups is 2. The number of aryl methyl sites for hydroxylation is 2. The predicted molar refractivity (Wildman–Crippen MR) is 99.1 cm³/mol. The Kier molecular flexibility index (Phi) is 4.84. The van der Waals surface area contributed by atoms with Gasteiger partial charge in [-0.05, 0) is 50.6 Å². The van der Waals surface area contributed by atoms with Gasteiger partial charge >= 0.3 is 0 Å². The molecule has 2 amide bonds. The van der Waals surface area contributed by atoms with Crippen LogP contribution in [0.25, 0.3) is 5.69 Å². The van der Waals surface area contributed by atoms with Gasteiger partial charge in [-0.2, -0.15) is 0 Å². The maximum Gasteiger partial charge on any atom is 0.271 e. The van der Waals surface area contributed by atoms with E-state index in [0.717, 1.165) is 22.6 Å². The van der Waals surface area contributed by atoms with E-state index >= 15 is 0 Å². The minimum atomic E-state index is -0.417. The lowest BCUT2D eigenvalue weighted by molar-refractivity contribution is 0.0846. The van der Waals surface area contributed by atoms with Crippen LogP contribution >= 0.6 is 0 Å². The van der Waals surface area contributed by atoms with E-state index in [4.69, 9.17) is 0 Å². The van der Waals surface area contributed by atoms with Crippen LogP contribution in [-0.2, 0) is 0 Å². The van der Waals surface area contributed by atoms with Crippen molar-refractivity contribution >= 4 is 11.8 Å². The lowest BCUT2D eigenvalue weighted by Gasteiger charge is -2.13. The van der Waals surface area contributed by atoms with E-state index < -0.39 is 5.91 Å². The second-order valence-electron chi connectivity index (χ2n) is 6.06. The van der Waals surface area contributed by atoms with Gasteiger partial charge in [0.25, 0.3) is 11.8 Å². The van der Waals surface area contributed by atoms with Crippen molar-refractivity contribution in [1.29, 1.82) is 0 Å². The molecular weight excluding hydrogens is 328 g/mol. The van der Waals surface area contributed by atoms with Gasteiger partial charge in [0.2, 0.25) is 0 Å². The Morgan fingerprint density at radius 3 is 2.38 bits per heavy atom. The number of amides is 2. The number of rotatable bonds is 3. The summed E-state index contributed by atoms with van der Waals surface area (Å²) in [4.78, 5) is 28.4. The van der Waals surface area contributed by atoms with Crippen LogP contribution in [0.15, 0.2) is 54.9 Å². The first-order valence-electron chi connectivity index (χ1n) is 8.24. The Bertz CT molecular complexity index is 961. The molecule has 0 bridgehead atoms. The Morgan fingerprint density at radius 2 is 1.69 bits per heavy atom. The number of hydrazine groups is 1. The van der Waals surface area contributed by atoms with Gasteiger partial charge in [-0.3, -0.25) is 25.4 Å². The van der Waals surface area contributed by atoms with Crippen LogP contribution < -0.4 is 10.9 Å². The lowest BCUT2D eigenvalue weighted by Crippen LogP contribution is -2.41. The fourth-order valence-electron chi connectivity index (χ4n) is 2.93. The molecule has 0 unspecified atom stereocenters. The SMILES string of the molecule is Cc1ccccc1-n1c(C)cc(C(=O)NNC(=O)c2cccnc2)c1C. The molecule has 3 aromatic rings. The number of hydrogen-bond acceptors (Lipinski definition) is 3. The fraction of sp³-hybridized carbons (Fsp3) is 0.150. The third kappa shape index (κ3) is 3.35. The van der Waals surface area contributed by atoms with Crippen LogP contribution in [0.5, 0.6) is 0 Å². The second kappa shape index (κ2) is 7.23. The minimum absolute atomic E-state index is 0.366. The summed E-state index contributed by atoms with van der Waals surface area (Å²) in [6.07, 6.45) is 3.02. The van der Waals surface area contributed by atoms with Crippen molar-refractivity contribution in [2.45, 2.75) is 20.8 Å². The molecule has 6 nitrogen and oxygen atoms in total. The highest BCUT2D eigenvalue weighted by atomic mass is 16.2. The summed E-state index contributed by atoms with van der Waals surface area (Å²) >= 11 is 0. The summed E-state index contributed by atoms with van der Waals surface area (Å²) in [5, 5.41) is 0. The molecule has 2 aromatic heterocycles. The molecule has 2 heterocycles. The number of carbonyl (C=O) groups excluding carboxylic acids is 2. The van der Waals surface area contributed by atoms with E-state index in [1.807, 2.05) is 55.7 Å². The molecule has 0 aliphatic rings. The molecule has 132 valence electrons. The highest BCUT2D eigenvalue weighted by Crippen LogP contribution is 2.23. The first kappa shape index (κ1) is 17.4. The van der Waals surface area contributed by atoms with E-state index in [-0.39, 0.29) is 5.91 Å². The molecule has 0 saturated heterocycles. The number of aromatic nitrogens is 2. The number of benzene rings is 1. The van der Waals surface area contributed by atoms with Crippen LogP contribution in [0.4, 0.5) is 0 Å². The molecular formula is C20H20N4O2. The highest BCUT2D eigenvalue weighted by Gasteiger charge is 2.18. The van der Waals surface area contributed by atoms with Gasteiger partial charge in [0.15, 0.2) is 0 Å². The summed E-state index contributed by atoms with van der Waals surface area (Å²) < 4.78 is 2.03. The Hall–Kier alpha value is -3.41. The maximum absolute atomic E-state index is 12.5. The van der Waals surface area contributed by atoms with E-state index in [1.165, 1.54) is 6.20 Å². The Balaban J connectivity index is 1.80. The third-order valence-electron chi connectivity index (χ3n) is 4.25. The zero-order valence-corrected chi connectivity index (χ0v) is 14.9. The molecule has 0 atom stereocenters. The van der Waals surface area contributed by atoms with Crippen LogP contribution in [-0.4, -0.2) is 21.4 Å². The second-order valence-corrected chi connectivity index (χ2v) is 6.06. The quantitative estimate of drug-likeness (QED) is 0.715. The first-order chi connectivity index (χ1) is 12.5. The summed E-state index contributed by atoms with van der Waals surface area (Å²) in [6.45, 7) is 5.86. The van der Waals surface area contributed by atoms with Gasteiger partial charge < -0.3 is 4.57 Å². The topological polar surface area (TPSA) is 76.0 Å². The van der Waals surface area contributed by atoms with Crippen molar-refractivity contribution in [3.63, 3.8) is 0 Å². The average molecular weight is 348 g/mol. The number of nitrogens with one attached hydrogen (secondary N) is 2. The number of hydrogen-bond donors (Lipinski definition) is 2. The molecule has 3 rings (SSSR count). The van der Waals surface area contributed by atoms with Crippen LogP contribution in [0, 0.1) is 20.8 Å². The summed E-state index contributed by atoms with van der Waals surface area (Å²) in [7, 11) is 0. The minimum Gasteiger partial charge on any atom is -0.317 e. The number of para-hydroxylation sites is 1. The Morgan fingerprint density at radius 1 is 0.962 bits per heavy atom. The summed E-state index contributed by atoms with van der Waals surface area (Å²) in [5.74, 6) is -0.783. The lowest BCUT2D eigenvalue weighted by atomic mass is 10.2. The normalized spacial score (nSPS) is 10.4. The van der Waals surface area contributed by atoms with Gasteiger partial charge in [0.1, 0.15) is 0 Å². The molecule has 0 radical (unpaired) electrons. The maximum atomic E-state index is 12.5. The van der Waals surface area contributed by atoms with Gasteiger partial charge in [0.05, 0.1) is 11.1 Å². The Labute approximate surface area is 151 Å². The molecule has 0 fully saturated rings. The van der Waals surface area contributed by atoms with E-state index in [2.05, 4.69) is 15.8 Å². The number of nitrogens with zero attached hydrogens (tertiary/aromatic N) is 2. The largest absolute Gasteiger partial charge is 0.317 e. The molecule has 6 heteroatoms. The van der Waals surface area contributed by atoms with Crippen molar-refractivity contribution in [2.24, 2.45) is 0 Å². The van der Waals surface area contributed by atoms with E-state index in [9.17, 15) is 9.59 Å². The molecule has 0 saturated carbocycles. The van der Waals surface area contributed by atoms with Crippen molar-refractivity contribution < 1.29 is 9.59 Å². The molecule has 0 aliphatic carbocycles. The molecule has 1 aromatic carbocycles. The smallest absolute Gasteiger partial charge is 0.271 e. The number of pyridine rings is 1. The molecule has 0 aliphatic heterocycles. The molecule has 0 spiro atoms. The van der Waals surface area contributed by atoms with Crippen molar-refractivity contribution in [3.8, 4) is 5.69 Å². The van der Waals surface area contributed by atoms with Crippen molar-refractivity contribution in [2.75, 3.05) is 0 Å². The van der Waals surface area contributed by atoms with E-state index in [1.54, 1.807) is 18.3 Å². The zero-order chi connectivity index (χ0) is 18.7. The van der Waals surface area contributed by atoms with Gasteiger partial charge in [0, 0.05) is 29.5 Å². The standard InChI is InChI=1S/C20H20N4O2/c1-13-7-4-5-9-18(13)24-14(2)11-17(15(24)3)20(26)23-22-19(25)16-8-6-10-21-12-16/h4-12H,1-3H3,(H,22,25)(H,23,26). The highest BCUT2D eigenvalue weighted by molar-refractivity contribution is 5.99. The summed E-state index contributed by atoms with van der Waals surface area (Å²) in [6, 6.07) is 13.1. The monoisotopic (exact) mass is 348 g/mol. The summed E-state index contributed by atoms with van der Waals surface area (Å²) in [5.41, 5.74) is 9.67. The predicted octanol–water partition coefficient (Wildman–Crippen LogP) is 2.87. The van der Waals surface area contributed by atoms with Gasteiger partial charge in [-0.15, -0.1) is 0 Å². The van der Waals surface area contributed by atoms with Gasteiger partial charge in [-0.1, -0.05) is 18.2 Å². The molecule has 26 heavy (non-hydrogen) atoms. The van der Waals surface area contributed by atoms with Crippen molar-refractivity contribution in [1.82, 2.24) is 20.4 Å². The van der Waals surface area contributed by atoms with Crippen LogP contribution in [0.3, 0.4) is 0 Å². The fourth-order valence-corrected chi connectivity index (χ4v) is 2.93. The molecule has 2 N–H and O–H groups in total. The van der Waals surface area contributed by atoms with Gasteiger partial charge in [-0.25, -0.2) is 0 Å².